The molecule has 2 aromatic carbocycles. The van der Waals surface area contributed by atoms with E-state index in [4.69, 9.17) is 0 Å². The first-order chi connectivity index (χ1) is 9.40. The first-order valence-corrected chi connectivity index (χ1v) is 7.55. The maximum atomic E-state index is 3.60. The summed E-state index contributed by atoms with van der Waals surface area (Å²) in [6, 6.07) is 16.1. The maximum absolute atomic E-state index is 3.60. The largest absolute Gasteiger partial charge is 0.313 e. The summed E-state index contributed by atoms with van der Waals surface area (Å²) in [6.07, 6.45) is 4.37. The Kier molecular flexibility index (Phi) is 2.63. The molecule has 0 amide bonds. The highest BCUT2D eigenvalue weighted by molar-refractivity contribution is 5.86. The first kappa shape index (κ1) is 11.5. The second-order valence-electron chi connectivity index (χ2n) is 6.17. The molecule has 0 bridgehead atoms. The topological polar surface area (TPSA) is 12.0 Å². The van der Waals surface area contributed by atoms with Crippen LogP contribution in [0.15, 0.2) is 42.5 Å². The van der Waals surface area contributed by atoms with Crippen molar-refractivity contribution in [2.45, 2.75) is 25.3 Å². The second-order valence-corrected chi connectivity index (χ2v) is 6.17. The number of hydrogen-bond acceptors (Lipinski definition) is 1. The van der Waals surface area contributed by atoms with E-state index in [1.165, 1.54) is 35.6 Å². The molecule has 98 valence electrons. The average molecular weight is 251 g/mol. The smallest absolute Gasteiger partial charge is 0.0357 e. The zero-order valence-corrected chi connectivity index (χ0v) is 11.5. The highest BCUT2D eigenvalue weighted by Crippen LogP contribution is 2.62. The quantitative estimate of drug-likeness (QED) is 0.864. The van der Waals surface area contributed by atoms with Gasteiger partial charge in [0.15, 0.2) is 0 Å². The number of fused-ring (bicyclic) bond motifs is 2. The van der Waals surface area contributed by atoms with Gasteiger partial charge in [-0.05, 0) is 54.0 Å². The van der Waals surface area contributed by atoms with Gasteiger partial charge < -0.3 is 5.32 Å². The van der Waals surface area contributed by atoms with Gasteiger partial charge in [0.2, 0.25) is 0 Å². The first-order valence-electron chi connectivity index (χ1n) is 7.55. The van der Waals surface area contributed by atoms with E-state index in [1.54, 1.807) is 0 Å². The van der Waals surface area contributed by atoms with E-state index in [0.717, 1.165) is 17.8 Å². The van der Waals surface area contributed by atoms with E-state index in [9.17, 15) is 0 Å². The van der Waals surface area contributed by atoms with Crippen molar-refractivity contribution in [2.75, 3.05) is 7.05 Å². The van der Waals surface area contributed by atoms with Crippen LogP contribution in [0.5, 0.6) is 0 Å². The predicted octanol–water partition coefficient (Wildman–Crippen LogP) is 4.15. The number of hydrogen-bond donors (Lipinski definition) is 1. The van der Waals surface area contributed by atoms with E-state index in [2.05, 4.69) is 54.8 Å². The summed E-state index contributed by atoms with van der Waals surface area (Å²) in [7, 11) is 2.13. The summed E-state index contributed by atoms with van der Waals surface area (Å²) in [4.78, 5) is 0. The van der Waals surface area contributed by atoms with Crippen LogP contribution in [-0.2, 0) is 0 Å². The van der Waals surface area contributed by atoms with Crippen molar-refractivity contribution in [3.05, 3.63) is 48.0 Å². The monoisotopic (exact) mass is 251 g/mol. The molecule has 2 saturated carbocycles. The Balaban J connectivity index is 1.76. The van der Waals surface area contributed by atoms with Crippen molar-refractivity contribution < 1.29 is 0 Å². The van der Waals surface area contributed by atoms with Crippen molar-refractivity contribution in [1.82, 2.24) is 5.32 Å². The molecular weight excluding hydrogens is 230 g/mol. The van der Waals surface area contributed by atoms with Gasteiger partial charge in [-0.15, -0.1) is 0 Å². The van der Waals surface area contributed by atoms with Gasteiger partial charge in [0.05, 0.1) is 0 Å². The summed E-state index contributed by atoms with van der Waals surface area (Å²) in [6.45, 7) is 0. The molecule has 1 nitrogen and oxygen atoms in total. The lowest BCUT2D eigenvalue weighted by Crippen LogP contribution is -2.20. The van der Waals surface area contributed by atoms with Gasteiger partial charge in [0.25, 0.3) is 0 Å². The fourth-order valence-corrected chi connectivity index (χ4v) is 4.45. The standard InChI is InChI=1S/C18H21N/c1-19-18(17-14-9-5-10-15(14)17)16-11-4-7-12-6-2-3-8-13(12)16/h2-4,6-8,11,14-15,17-19H,5,9-10H2,1H3. The van der Waals surface area contributed by atoms with E-state index < -0.39 is 0 Å². The van der Waals surface area contributed by atoms with Crippen molar-refractivity contribution in [1.29, 1.82) is 0 Å². The predicted molar refractivity (Wildman–Crippen MR) is 80.1 cm³/mol. The lowest BCUT2D eigenvalue weighted by molar-refractivity contribution is 0.447. The third-order valence-electron chi connectivity index (χ3n) is 5.33. The Hall–Kier alpha value is -1.34. The van der Waals surface area contributed by atoms with Crippen LogP contribution in [0, 0.1) is 17.8 Å². The highest BCUT2D eigenvalue weighted by Gasteiger charge is 2.55. The average Bonchev–Trinajstić information content (AvgIpc) is 2.93. The molecule has 2 aromatic rings. The van der Waals surface area contributed by atoms with Crippen LogP contribution in [0.3, 0.4) is 0 Å². The molecule has 0 aromatic heterocycles. The van der Waals surface area contributed by atoms with Crippen LogP contribution in [0.1, 0.15) is 30.9 Å². The number of nitrogens with one attached hydrogen (secondary N) is 1. The highest BCUT2D eigenvalue weighted by atomic mass is 14.9. The fraction of sp³-hybridized carbons (Fsp3) is 0.444. The van der Waals surface area contributed by atoms with Crippen molar-refractivity contribution in [3.8, 4) is 0 Å². The molecule has 3 unspecified atom stereocenters. The minimum absolute atomic E-state index is 0.543. The molecule has 1 heteroatoms. The Bertz CT molecular complexity index is 588. The third kappa shape index (κ3) is 1.72. The second kappa shape index (κ2) is 4.35. The van der Waals surface area contributed by atoms with E-state index >= 15 is 0 Å². The third-order valence-corrected chi connectivity index (χ3v) is 5.33. The van der Waals surface area contributed by atoms with Crippen LogP contribution >= 0.6 is 0 Å². The van der Waals surface area contributed by atoms with Gasteiger partial charge in [0, 0.05) is 6.04 Å². The molecule has 0 radical (unpaired) electrons. The van der Waals surface area contributed by atoms with Gasteiger partial charge in [-0.25, -0.2) is 0 Å². The lowest BCUT2D eigenvalue weighted by atomic mass is 9.93. The molecule has 0 spiro atoms. The molecule has 0 aliphatic heterocycles. The zero-order chi connectivity index (χ0) is 12.8. The van der Waals surface area contributed by atoms with Crippen LogP contribution in [0.2, 0.25) is 0 Å². The molecule has 19 heavy (non-hydrogen) atoms. The molecule has 2 aliphatic carbocycles. The summed E-state index contributed by atoms with van der Waals surface area (Å²) in [5, 5.41) is 6.39. The minimum Gasteiger partial charge on any atom is -0.313 e. The Labute approximate surface area is 115 Å². The molecule has 4 rings (SSSR count). The number of benzene rings is 2. The van der Waals surface area contributed by atoms with Crippen LogP contribution in [-0.4, -0.2) is 7.05 Å². The molecule has 0 saturated heterocycles. The van der Waals surface area contributed by atoms with Crippen molar-refractivity contribution in [2.24, 2.45) is 17.8 Å². The Morgan fingerprint density at radius 3 is 2.53 bits per heavy atom. The van der Waals surface area contributed by atoms with Crippen LogP contribution in [0.25, 0.3) is 10.8 Å². The fourth-order valence-electron chi connectivity index (χ4n) is 4.45. The lowest BCUT2D eigenvalue weighted by Gasteiger charge is -2.20. The van der Waals surface area contributed by atoms with E-state index in [1.807, 2.05) is 0 Å². The summed E-state index contributed by atoms with van der Waals surface area (Å²) < 4.78 is 0. The number of rotatable bonds is 3. The van der Waals surface area contributed by atoms with Gasteiger partial charge in [-0.1, -0.05) is 48.9 Å². The Morgan fingerprint density at radius 2 is 1.74 bits per heavy atom. The molecule has 2 aliphatic rings. The van der Waals surface area contributed by atoms with Gasteiger partial charge >= 0.3 is 0 Å². The molecule has 1 N–H and O–H groups in total. The summed E-state index contributed by atoms with van der Waals surface area (Å²) in [5.41, 5.74) is 1.50. The van der Waals surface area contributed by atoms with Crippen molar-refractivity contribution in [3.63, 3.8) is 0 Å². The van der Waals surface area contributed by atoms with E-state index in [0.29, 0.717) is 6.04 Å². The van der Waals surface area contributed by atoms with Crippen LogP contribution in [0.4, 0.5) is 0 Å². The molecule has 0 heterocycles. The molecular formula is C18H21N. The molecule has 3 atom stereocenters. The summed E-state index contributed by atoms with van der Waals surface area (Å²) >= 11 is 0. The summed E-state index contributed by atoms with van der Waals surface area (Å²) in [5.74, 6) is 2.87. The SMILES string of the molecule is CNC(c1cccc2ccccc12)C1C2CCCC21. The van der Waals surface area contributed by atoms with E-state index in [-0.39, 0.29) is 0 Å². The van der Waals surface area contributed by atoms with Crippen LogP contribution < -0.4 is 5.32 Å². The molecule has 2 fully saturated rings. The van der Waals surface area contributed by atoms with Gasteiger partial charge in [-0.3, -0.25) is 0 Å². The maximum Gasteiger partial charge on any atom is 0.0357 e. The van der Waals surface area contributed by atoms with Gasteiger partial charge in [0.1, 0.15) is 0 Å². The van der Waals surface area contributed by atoms with Crippen molar-refractivity contribution >= 4 is 10.8 Å². The minimum atomic E-state index is 0.543. The zero-order valence-electron chi connectivity index (χ0n) is 11.5. The Morgan fingerprint density at radius 1 is 1.00 bits per heavy atom. The van der Waals surface area contributed by atoms with Gasteiger partial charge in [-0.2, -0.15) is 0 Å². The normalized spacial score (nSPS) is 30.3.